The number of carbonyl (C=O) groups is 1. The van der Waals surface area contributed by atoms with Crippen molar-refractivity contribution in [2.45, 2.75) is 56.7 Å². The Labute approximate surface area is 183 Å². The molecule has 10 rings (SSSR count). The molecule has 162 valence electrons. The van der Waals surface area contributed by atoms with Crippen LogP contribution < -0.4 is 0 Å². The van der Waals surface area contributed by atoms with Gasteiger partial charge in [-0.05, 0) is 72.8 Å². The van der Waals surface area contributed by atoms with Gasteiger partial charge in [-0.25, -0.2) is 4.79 Å². The molecule has 6 saturated carbocycles. The zero-order valence-corrected chi connectivity index (χ0v) is 18.0. The number of aliphatic hydroxyl groups excluding tert-OH is 1. The number of nitrogens with zero attached hydrogens (tertiary/aromatic N) is 1. The van der Waals surface area contributed by atoms with Crippen molar-refractivity contribution in [3.05, 3.63) is 48.0 Å². The number of ether oxygens (including phenoxy) is 1. The lowest BCUT2D eigenvalue weighted by Gasteiger charge is -2.64. The molecule has 0 radical (unpaired) electrons. The summed E-state index contributed by atoms with van der Waals surface area (Å²) < 4.78 is 6.03. The molecule has 3 heterocycles. The van der Waals surface area contributed by atoms with Crippen LogP contribution in [0.4, 0.5) is 0 Å². The first kappa shape index (κ1) is 17.9. The maximum Gasteiger partial charge on any atom is 0.338 e. The van der Waals surface area contributed by atoms with Crippen LogP contribution in [0, 0.1) is 39.9 Å². The normalized spacial score (nSPS) is 56.4. The van der Waals surface area contributed by atoms with Crippen molar-refractivity contribution < 1.29 is 14.6 Å². The van der Waals surface area contributed by atoms with Gasteiger partial charge >= 0.3 is 5.97 Å². The van der Waals surface area contributed by atoms with E-state index in [4.69, 9.17) is 4.74 Å². The van der Waals surface area contributed by atoms with Crippen LogP contribution in [-0.4, -0.2) is 47.3 Å². The van der Waals surface area contributed by atoms with Gasteiger partial charge in [-0.15, -0.1) is 0 Å². The summed E-state index contributed by atoms with van der Waals surface area (Å²) in [6.45, 7) is 6.06. The molecular weight excluding hydrogens is 386 g/mol. The van der Waals surface area contributed by atoms with Crippen LogP contribution in [-0.2, 0) is 4.74 Å². The van der Waals surface area contributed by atoms with Gasteiger partial charge in [0.15, 0.2) is 0 Å². The molecule has 4 unspecified atom stereocenters. The summed E-state index contributed by atoms with van der Waals surface area (Å²) in [5, 5.41) is 11.6. The highest BCUT2D eigenvalue weighted by atomic mass is 16.5. The van der Waals surface area contributed by atoms with Gasteiger partial charge in [0.05, 0.1) is 18.3 Å². The van der Waals surface area contributed by atoms with Crippen molar-refractivity contribution in [3.8, 4) is 0 Å². The van der Waals surface area contributed by atoms with E-state index in [1.54, 1.807) is 0 Å². The van der Waals surface area contributed by atoms with E-state index in [-0.39, 0.29) is 22.9 Å². The van der Waals surface area contributed by atoms with Crippen LogP contribution in [0.1, 0.15) is 48.9 Å². The number of esters is 1. The van der Waals surface area contributed by atoms with Crippen molar-refractivity contribution in [1.29, 1.82) is 0 Å². The van der Waals surface area contributed by atoms with Crippen molar-refractivity contribution in [3.63, 3.8) is 0 Å². The lowest BCUT2D eigenvalue weighted by molar-refractivity contribution is -0.180. The number of hydrogen-bond donors (Lipinski definition) is 1. The number of carbonyl (C=O) groups excluding carboxylic acids is 1. The summed E-state index contributed by atoms with van der Waals surface area (Å²) in [5.41, 5.74) is 2.62. The molecule has 0 amide bonds. The number of fused-ring (bicyclic) bond motifs is 1. The van der Waals surface area contributed by atoms with Crippen LogP contribution in [0.2, 0.25) is 0 Å². The summed E-state index contributed by atoms with van der Waals surface area (Å²) in [4.78, 5) is 15.6. The smallest absolute Gasteiger partial charge is 0.338 e. The van der Waals surface area contributed by atoms with Gasteiger partial charge in [0.2, 0.25) is 0 Å². The minimum Gasteiger partial charge on any atom is -0.461 e. The zero-order valence-electron chi connectivity index (χ0n) is 18.0. The minimum atomic E-state index is -0.202. The van der Waals surface area contributed by atoms with E-state index in [0.29, 0.717) is 47.4 Å². The van der Waals surface area contributed by atoms with Gasteiger partial charge in [0.25, 0.3) is 0 Å². The monoisotopic (exact) mass is 417 g/mol. The average Bonchev–Trinajstić information content (AvgIpc) is 3.22. The van der Waals surface area contributed by atoms with Gasteiger partial charge in [0, 0.05) is 30.0 Å². The van der Waals surface area contributed by atoms with E-state index >= 15 is 0 Å². The maximum atomic E-state index is 12.8. The molecule has 9 aliphatic rings. The van der Waals surface area contributed by atoms with Gasteiger partial charge in [-0.1, -0.05) is 36.8 Å². The third-order valence-electron chi connectivity index (χ3n) is 11.5. The largest absolute Gasteiger partial charge is 0.461 e. The fourth-order valence-electron chi connectivity index (χ4n) is 11.3. The van der Waals surface area contributed by atoms with Crippen LogP contribution in [0.15, 0.2) is 42.5 Å². The Balaban J connectivity index is 1.18. The molecule has 1 N–H and O–H groups in total. The van der Waals surface area contributed by atoms with E-state index in [1.807, 2.05) is 30.3 Å². The second-order valence-corrected chi connectivity index (χ2v) is 12.1. The maximum absolute atomic E-state index is 12.8. The summed E-state index contributed by atoms with van der Waals surface area (Å²) >= 11 is 0. The number of rotatable bonds is 3. The molecule has 4 heteroatoms. The molecule has 1 aromatic carbocycles. The van der Waals surface area contributed by atoms with Gasteiger partial charge < -0.3 is 9.84 Å². The quantitative estimate of drug-likeness (QED) is 0.602. The Morgan fingerprint density at radius 2 is 2.06 bits per heavy atom. The van der Waals surface area contributed by atoms with Crippen molar-refractivity contribution in [2.75, 3.05) is 13.2 Å². The molecule has 0 aromatic heterocycles. The molecule has 31 heavy (non-hydrogen) atoms. The van der Waals surface area contributed by atoms with E-state index in [0.717, 1.165) is 31.7 Å². The number of aliphatic hydroxyl groups is 1. The SMILES string of the molecule is C=C1C[C@@]23CC4[C@H]5[C@@]6(COC(=O)c7ccccc7)CCC[C@@]57C2C(O)[C@@H]1C[C@H]3[C@H]7N4C6. The van der Waals surface area contributed by atoms with Crippen molar-refractivity contribution in [2.24, 2.45) is 39.9 Å². The molecular formula is C27H31NO3. The minimum absolute atomic E-state index is 0.0823. The molecule has 6 aliphatic carbocycles. The van der Waals surface area contributed by atoms with E-state index in [1.165, 1.54) is 24.8 Å². The second kappa shape index (κ2) is 5.28. The van der Waals surface area contributed by atoms with Gasteiger partial charge in [-0.2, -0.15) is 0 Å². The van der Waals surface area contributed by atoms with Gasteiger partial charge in [-0.3, -0.25) is 4.90 Å². The van der Waals surface area contributed by atoms with E-state index in [9.17, 15) is 9.90 Å². The van der Waals surface area contributed by atoms with Crippen molar-refractivity contribution in [1.82, 2.24) is 4.90 Å². The zero-order chi connectivity index (χ0) is 20.8. The molecule has 2 spiro atoms. The Morgan fingerprint density at radius 1 is 1.23 bits per heavy atom. The molecule has 3 saturated heterocycles. The molecule has 11 atom stereocenters. The van der Waals surface area contributed by atoms with Crippen LogP contribution in [0.25, 0.3) is 0 Å². The lowest BCUT2D eigenvalue weighted by Crippen LogP contribution is -2.64. The Morgan fingerprint density at radius 3 is 2.90 bits per heavy atom. The van der Waals surface area contributed by atoms with Crippen molar-refractivity contribution >= 4 is 5.97 Å². The molecule has 4 nitrogen and oxygen atoms in total. The van der Waals surface area contributed by atoms with Crippen LogP contribution in [0.5, 0.6) is 0 Å². The Kier molecular flexibility index (Phi) is 3.04. The topological polar surface area (TPSA) is 49.8 Å². The Bertz CT molecular complexity index is 1020. The van der Waals surface area contributed by atoms with E-state index in [2.05, 4.69) is 11.5 Å². The predicted octanol–water partition coefficient (Wildman–Crippen LogP) is 3.66. The van der Waals surface area contributed by atoms with E-state index < -0.39 is 0 Å². The highest BCUT2D eigenvalue weighted by molar-refractivity contribution is 5.89. The summed E-state index contributed by atoms with van der Waals surface area (Å²) in [5.74, 6) is 1.91. The second-order valence-electron chi connectivity index (χ2n) is 12.1. The van der Waals surface area contributed by atoms with Gasteiger partial charge in [0.1, 0.15) is 0 Å². The van der Waals surface area contributed by atoms with Crippen LogP contribution >= 0.6 is 0 Å². The van der Waals surface area contributed by atoms with Crippen LogP contribution in [0.3, 0.4) is 0 Å². The first-order valence-corrected chi connectivity index (χ1v) is 12.4. The number of benzene rings is 1. The first-order valence-electron chi connectivity index (χ1n) is 12.4. The Hall–Kier alpha value is -1.65. The third-order valence-corrected chi connectivity index (χ3v) is 11.5. The number of piperidine rings is 2. The molecule has 9 bridgehead atoms. The summed E-state index contributed by atoms with van der Waals surface area (Å²) in [6, 6.07) is 10.7. The standard InChI is InChI=1S/C27H31NO3/c1-15-11-26-12-19-21-25(14-31-24(30)16-6-3-2-4-7-16)8-5-9-27(21)22(26)20(29)17(15)10-18(26)23(27)28(19)13-25/h2-4,6-7,17-23,29H,1,5,8-14H2/t17-,18+,19?,20?,21+,22?,23-,25+,26+,27+/m1/s1. The average molecular weight is 418 g/mol. The molecule has 1 aromatic rings. The number of hydrogen-bond acceptors (Lipinski definition) is 4. The summed E-state index contributed by atoms with van der Waals surface area (Å²) in [6.07, 6.45) is 7.01. The highest BCUT2D eigenvalue weighted by Crippen LogP contribution is 2.87. The first-order chi connectivity index (χ1) is 15.0. The molecule has 3 aliphatic heterocycles. The summed E-state index contributed by atoms with van der Waals surface area (Å²) in [7, 11) is 0. The molecule has 9 fully saturated rings. The lowest BCUT2D eigenvalue weighted by atomic mass is 9.40. The third kappa shape index (κ3) is 1.71. The fourth-order valence-corrected chi connectivity index (χ4v) is 11.3. The highest BCUT2D eigenvalue weighted by Gasteiger charge is 2.88. The predicted molar refractivity (Wildman–Crippen MR) is 115 cm³/mol. The fraction of sp³-hybridized carbons (Fsp3) is 0.667.